The maximum absolute atomic E-state index is 12.7. The lowest BCUT2D eigenvalue weighted by atomic mass is 9.96. The maximum Gasteiger partial charge on any atom is 0.243 e. The Labute approximate surface area is 144 Å². The summed E-state index contributed by atoms with van der Waals surface area (Å²) in [6.45, 7) is 5.16. The van der Waals surface area contributed by atoms with E-state index in [1.54, 1.807) is 16.4 Å². The van der Waals surface area contributed by atoms with Gasteiger partial charge in [0.25, 0.3) is 0 Å². The molecule has 1 aromatic rings. The van der Waals surface area contributed by atoms with E-state index in [9.17, 15) is 12.8 Å². The minimum atomic E-state index is -3.46. The van der Waals surface area contributed by atoms with Gasteiger partial charge in [0.05, 0.1) is 4.90 Å². The van der Waals surface area contributed by atoms with Crippen molar-refractivity contribution in [3.63, 3.8) is 0 Å². The van der Waals surface area contributed by atoms with Crippen molar-refractivity contribution in [3.05, 3.63) is 29.8 Å². The van der Waals surface area contributed by atoms with E-state index in [0.29, 0.717) is 24.7 Å². The lowest BCUT2D eigenvalue weighted by molar-refractivity contribution is 0.0944. The van der Waals surface area contributed by atoms with Crippen molar-refractivity contribution in [2.45, 2.75) is 50.2 Å². The van der Waals surface area contributed by atoms with Gasteiger partial charge in [-0.15, -0.1) is 0 Å². The summed E-state index contributed by atoms with van der Waals surface area (Å²) in [6, 6.07) is 6.64. The van der Waals surface area contributed by atoms with E-state index >= 15 is 0 Å². The summed E-state index contributed by atoms with van der Waals surface area (Å²) in [7, 11) is -3.46. The van der Waals surface area contributed by atoms with Crippen LogP contribution in [0.25, 0.3) is 0 Å². The quantitative estimate of drug-likeness (QED) is 0.834. The molecule has 3 rings (SSSR count). The molecule has 2 saturated heterocycles. The summed E-state index contributed by atoms with van der Waals surface area (Å²) in [6.07, 6.45) is 4.35. The minimum absolute atomic E-state index is 0.268. The topological polar surface area (TPSA) is 40.6 Å². The van der Waals surface area contributed by atoms with Gasteiger partial charge in [0.15, 0.2) is 0 Å². The van der Waals surface area contributed by atoms with E-state index in [1.165, 1.54) is 25.0 Å². The van der Waals surface area contributed by atoms with Crippen molar-refractivity contribution in [1.82, 2.24) is 9.21 Å². The minimum Gasteiger partial charge on any atom is -0.300 e. The fraction of sp³-hybridized carbons (Fsp3) is 0.667. The Bertz CT molecular complexity index is 639. The van der Waals surface area contributed by atoms with Crippen LogP contribution in [0.3, 0.4) is 0 Å². The van der Waals surface area contributed by atoms with E-state index in [0.717, 1.165) is 31.8 Å². The number of benzene rings is 1. The van der Waals surface area contributed by atoms with E-state index in [2.05, 4.69) is 11.8 Å². The van der Waals surface area contributed by atoms with Crippen molar-refractivity contribution in [3.8, 4) is 0 Å². The van der Waals surface area contributed by atoms with Crippen molar-refractivity contribution in [2.75, 3.05) is 26.2 Å². The van der Waals surface area contributed by atoms with E-state index in [4.69, 9.17) is 0 Å². The maximum atomic E-state index is 12.7. The van der Waals surface area contributed by atoms with Crippen LogP contribution in [0, 0.1) is 5.92 Å². The summed E-state index contributed by atoms with van der Waals surface area (Å²) in [4.78, 5) is 2.82. The van der Waals surface area contributed by atoms with Crippen LogP contribution in [-0.2, 0) is 16.7 Å². The zero-order chi connectivity index (χ0) is 17.2. The summed E-state index contributed by atoms with van der Waals surface area (Å²) >= 11 is 0. The molecule has 0 radical (unpaired) electrons. The highest BCUT2D eigenvalue weighted by molar-refractivity contribution is 7.89. The van der Waals surface area contributed by atoms with E-state index in [-0.39, 0.29) is 4.90 Å². The Morgan fingerprint density at radius 1 is 1.08 bits per heavy atom. The molecule has 2 aliphatic rings. The molecular weight excluding hydrogens is 327 g/mol. The molecule has 2 fully saturated rings. The molecule has 0 amide bonds. The van der Waals surface area contributed by atoms with Gasteiger partial charge in [0, 0.05) is 25.7 Å². The zero-order valence-corrected chi connectivity index (χ0v) is 15.1. The van der Waals surface area contributed by atoms with Crippen LogP contribution in [0.15, 0.2) is 29.2 Å². The van der Waals surface area contributed by atoms with Crippen LogP contribution >= 0.6 is 0 Å². The average molecular weight is 354 g/mol. The van der Waals surface area contributed by atoms with Crippen LogP contribution in [0.2, 0.25) is 0 Å². The van der Waals surface area contributed by atoms with Gasteiger partial charge in [-0.05, 0) is 55.8 Å². The average Bonchev–Trinajstić information content (AvgIpc) is 2.62. The van der Waals surface area contributed by atoms with Gasteiger partial charge in [-0.1, -0.05) is 19.1 Å². The van der Waals surface area contributed by atoms with Gasteiger partial charge >= 0.3 is 0 Å². The first-order chi connectivity index (χ1) is 11.5. The number of hydrogen-bond donors (Lipinski definition) is 0. The van der Waals surface area contributed by atoms with E-state index in [1.807, 2.05) is 0 Å². The van der Waals surface area contributed by atoms with Gasteiger partial charge < -0.3 is 4.90 Å². The Morgan fingerprint density at radius 2 is 1.75 bits per heavy atom. The second-order valence-corrected chi connectivity index (χ2v) is 9.09. The molecule has 1 aromatic carbocycles. The molecule has 0 aromatic heterocycles. The third-order valence-corrected chi connectivity index (χ3v) is 7.26. The monoisotopic (exact) mass is 354 g/mol. The first kappa shape index (κ1) is 17.8. The lowest BCUT2D eigenvalue weighted by Gasteiger charge is -2.41. The molecule has 2 aliphatic heterocycles. The highest BCUT2D eigenvalue weighted by Gasteiger charge is 2.32. The molecule has 0 saturated carbocycles. The molecule has 134 valence electrons. The van der Waals surface area contributed by atoms with Crippen LogP contribution in [0.4, 0.5) is 4.39 Å². The van der Waals surface area contributed by atoms with Crippen LogP contribution in [-0.4, -0.2) is 49.8 Å². The number of hydrogen-bond acceptors (Lipinski definition) is 3. The molecule has 1 unspecified atom stereocenters. The SMILES string of the molecule is CC1CCCN(C2CCN(S(=O)(=O)c3ccc(CF)cc3)CC2)C1. The number of halogens is 1. The van der Waals surface area contributed by atoms with Gasteiger partial charge in [0.2, 0.25) is 10.0 Å². The van der Waals surface area contributed by atoms with Crippen LogP contribution in [0.5, 0.6) is 0 Å². The Morgan fingerprint density at radius 3 is 2.33 bits per heavy atom. The van der Waals surface area contributed by atoms with Gasteiger partial charge in [-0.3, -0.25) is 0 Å². The Hall–Kier alpha value is -0.980. The highest BCUT2D eigenvalue weighted by atomic mass is 32.2. The number of likely N-dealkylation sites (tertiary alicyclic amines) is 1. The molecule has 0 N–H and O–H groups in total. The molecule has 4 nitrogen and oxygen atoms in total. The first-order valence-corrected chi connectivity index (χ1v) is 10.3. The second-order valence-electron chi connectivity index (χ2n) is 7.16. The molecule has 0 aliphatic carbocycles. The molecule has 2 heterocycles. The Kier molecular flexibility index (Phi) is 5.57. The number of nitrogens with zero attached hydrogens (tertiary/aromatic N) is 2. The number of rotatable bonds is 4. The zero-order valence-electron chi connectivity index (χ0n) is 14.3. The second kappa shape index (κ2) is 7.50. The van der Waals surface area contributed by atoms with Gasteiger partial charge in [0.1, 0.15) is 6.67 Å². The largest absolute Gasteiger partial charge is 0.300 e. The smallest absolute Gasteiger partial charge is 0.243 e. The third-order valence-electron chi connectivity index (χ3n) is 5.34. The first-order valence-electron chi connectivity index (χ1n) is 8.90. The summed E-state index contributed by atoms with van der Waals surface area (Å²) < 4.78 is 39.7. The van der Waals surface area contributed by atoms with Crippen molar-refractivity contribution >= 4 is 10.0 Å². The number of piperidine rings is 2. The fourth-order valence-corrected chi connectivity index (χ4v) is 5.37. The molecule has 24 heavy (non-hydrogen) atoms. The molecule has 6 heteroatoms. The van der Waals surface area contributed by atoms with Crippen molar-refractivity contribution < 1.29 is 12.8 Å². The standard InChI is InChI=1S/C18H27FN2O2S/c1-15-3-2-10-20(14-15)17-8-11-21(12-9-17)24(22,23)18-6-4-16(13-19)5-7-18/h4-7,15,17H,2-3,8-14H2,1H3. The normalized spacial score (nSPS) is 25.0. The molecule has 0 spiro atoms. The molecule has 1 atom stereocenters. The van der Waals surface area contributed by atoms with Gasteiger partial charge in [-0.25, -0.2) is 12.8 Å². The lowest BCUT2D eigenvalue weighted by Crippen LogP contribution is -2.49. The van der Waals surface area contributed by atoms with Crippen LogP contribution < -0.4 is 0 Å². The van der Waals surface area contributed by atoms with Gasteiger partial charge in [-0.2, -0.15) is 4.31 Å². The molecular formula is C18H27FN2O2S. The Balaban J connectivity index is 1.62. The number of alkyl halides is 1. The van der Waals surface area contributed by atoms with E-state index < -0.39 is 16.7 Å². The predicted octanol–water partition coefficient (Wildman–Crippen LogP) is 3.04. The third kappa shape index (κ3) is 3.81. The van der Waals surface area contributed by atoms with Crippen molar-refractivity contribution in [1.29, 1.82) is 0 Å². The highest BCUT2D eigenvalue weighted by Crippen LogP contribution is 2.26. The predicted molar refractivity (Wildman–Crippen MR) is 93.0 cm³/mol. The summed E-state index contributed by atoms with van der Waals surface area (Å²) in [5, 5.41) is 0. The fourth-order valence-electron chi connectivity index (χ4n) is 3.90. The summed E-state index contributed by atoms with van der Waals surface area (Å²) in [5.74, 6) is 0.745. The molecule has 0 bridgehead atoms. The van der Waals surface area contributed by atoms with Crippen molar-refractivity contribution in [2.24, 2.45) is 5.92 Å². The number of sulfonamides is 1. The van der Waals surface area contributed by atoms with Crippen LogP contribution in [0.1, 0.15) is 38.2 Å². The summed E-state index contributed by atoms with van der Waals surface area (Å²) in [5.41, 5.74) is 0.506.